The van der Waals surface area contributed by atoms with Crippen LogP contribution in [-0.4, -0.2) is 24.7 Å². The van der Waals surface area contributed by atoms with Gasteiger partial charge in [0.15, 0.2) is 0 Å². The number of nitrogens with zero attached hydrogens (tertiary/aromatic N) is 1. The summed E-state index contributed by atoms with van der Waals surface area (Å²) in [7, 11) is 0. The van der Waals surface area contributed by atoms with E-state index >= 15 is 0 Å². The summed E-state index contributed by atoms with van der Waals surface area (Å²) in [4.78, 5) is 4.30. The van der Waals surface area contributed by atoms with Crippen LogP contribution in [0.1, 0.15) is 25.3 Å². The van der Waals surface area contributed by atoms with Gasteiger partial charge in [0.2, 0.25) is 0 Å². The lowest BCUT2D eigenvalue weighted by Crippen LogP contribution is -2.42. The molecule has 0 atom stereocenters. The van der Waals surface area contributed by atoms with Gasteiger partial charge in [-0.25, -0.2) is 4.98 Å². The molecule has 1 saturated heterocycles. The van der Waals surface area contributed by atoms with Crippen molar-refractivity contribution >= 4 is 15.9 Å². The van der Waals surface area contributed by atoms with E-state index in [2.05, 4.69) is 39.2 Å². The molecular weight excluding hydrogens is 268 g/mol. The molecule has 0 spiro atoms. The van der Waals surface area contributed by atoms with Gasteiger partial charge in [0.05, 0.1) is 5.60 Å². The fraction of sp³-hybridized carbons (Fsp3) is 0.583. The first-order valence-electron chi connectivity index (χ1n) is 5.73. The zero-order valence-corrected chi connectivity index (χ0v) is 11.1. The van der Waals surface area contributed by atoms with Crippen LogP contribution in [-0.2, 0) is 10.3 Å². The first-order valence-corrected chi connectivity index (χ1v) is 6.53. The number of ether oxygens (including phenoxy) is 1. The summed E-state index contributed by atoms with van der Waals surface area (Å²) in [6, 6.07) is 4.09. The fourth-order valence-corrected chi connectivity index (χ4v) is 2.50. The second kappa shape index (κ2) is 5.25. The van der Waals surface area contributed by atoms with Gasteiger partial charge in [-0.1, -0.05) is 6.07 Å². The molecule has 1 fully saturated rings. The quantitative estimate of drug-likeness (QED) is 0.866. The number of hydrogen-bond donors (Lipinski definition) is 1. The van der Waals surface area contributed by atoms with Crippen molar-refractivity contribution in [1.82, 2.24) is 10.3 Å². The molecular formula is C12H17BrN2O. The maximum absolute atomic E-state index is 6.00. The molecule has 0 unspecified atom stereocenters. The van der Waals surface area contributed by atoms with Crippen LogP contribution in [0.15, 0.2) is 22.9 Å². The first-order chi connectivity index (χ1) is 7.77. The van der Waals surface area contributed by atoms with Crippen LogP contribution in [0.3, 0.4) is 0 Å². The topological polar surface area (TPSA) is 34.1 Å². The smallest absolute Gasteiger partial charge is 0.106 e. The molecule has 0 aliphatic carbocycles. The SMILES string of the molecule is CCOC1(c2ccc(Br)nc2)CCNCC1. The normalized spacial score (nSPS) is 19.6. The summed E-state index contributed by atoms with van der Waals surface area (Å²) in [6.07, 6.45) is 3.96. The van der Waals surface area contributed by atoms with Gasteiger partial charge in [0, 0.05) is 18.4 Å². The molecule has 1 aliphatic heterocycles. The second-order valence-electron chi connectivity index (χ2n) is 4.05. The highest BCUT2D eigenvalue weighted by molar-refractivity contribution is 9.10. The van der Waals surface area contributed by atoms with E-state index in [0.717, 1.165) is 37.1 Å². The van der Waals surface area contributed by atoms with E-state index in [1.165, 1.54) is 5.56 Å². The highest BCUT2D eigenvalue weighted by Gasteiger charge is 2.34. The molecule has 1 N–H and O–H groups in total. The van der Waals surface area contributed by atoms with Gasteiger partial charge in [-0.3, -0.25) is 0 Å². The van der Waals surface area contributed by atoms with Gasteiger partial charge in [-0.05, 0) is 54.9 Å². The number of piperidine rings is 1. The number of halogens is 1. The minimum Gasteiger partial charge on any atom is -0.370 e. The molecule has 2 rings (SSSR count). The average molecular weight is 285 g/mol. The predicted octanol–water partition coefficient (Wildman–Crippen LogP) is 2.46. The Balaban J connectivity index is 2.26. The molecule has 3 nitrogen and oxygen atoms in total. The molecule has 16 heavy (non-hydrogen) atoms. The van der Waals surface area contributed by atoms with Crippen molar-refractivity contribution in [2.75, 3.05) is 19.7 Å². The largest absolute Gasteiger partial charge is 0.370 e. The van der Waals surface area contributed by atoms with Crippen LogP contribution in [0.2, 0.25) is 0 Å². The Hall–Kier alpha value is -0.450. The van der Waals surface area contributed by atoms with Crippen molar-refractivity contribution in [3.8, 4) is 0 Å². The minimum atomic E-state index is -0.131. The van der Waals surface area contributed by atoms with Crippen molar-refractivity contribution in [2.45, 2.75) is 25.4 Å². The van der Waals surface area contributed by atoms with Gasteiger partial charge in [0.25, 0.3) is 0 Å². The standard InChI is InChI=1S/C12H17BrN2O/c1-2-16-12(5-7-14-8-6-12)10-3-4-11(13)15-9-10/h3-4,9,14H,2,5-8H2,1H3. The monoisotopic (exact) mass is 284 g/mol. The van der Waals surface area contributed by atoms with Gasteiger partial charge in [0.1, 0.15) is 4.60 Å². The molecule has 1 aromatic rings. The van der Waals surface area contributed by atoms with Crippen LogP contribution in [0.4, 0.5) is 0 Å². The summed E-state index contributed by atoms with van der Waals surface area (Å²) in [5, 5.41) is 3.37. The van der Waals surface area contributed by atoms with E-state index in [-0.39, 0.29) is 5.60 Å². The number of pyridine rings is 1. The van der Waals surface area contributed by atoms with E-state index in [1.807, 2.05) is 12.3 Å². The Morgan fingerprint density at radius 3 is 2.75 bits per heavy atom. The third-order valence-electron chi connectivity index (χ3n) is 3.09. The zero-order chi connectivity index (χ0) is 11.4. The van der Waals surface area contributed by atoms with E-state index in [0.29, 0.717) is 0 Å². The van der Waals surface area contributed by atoms with Crippen molar-refractivity contribution in [1.29, 1.82) is 0 Å². The van der Waals surface area contributed by atoms with Gasteiger partial charge >= 0.3 is 0 Å². The predicted molar refractivity (Wildman–Crippen MR) is 67.3 cm³/mol. The highest BCUT2D eigenvalue weighted by Crippen LogP contribution is 2.34. The minimum absolute atomic E-state index is 0.131. The Morgan fingerprint density at radius 1 is 1.44 bits per heavy atom. The third kappa shape index (κ3) is 2.44. The summed E-state index contributed by atoms with van der Waals surface area (Å²) in [5.41, 5.74) is 1.06. The van der Waals surface area contributed by atoms with Crippen molar-refractivity contribution < 1.29 is 4.74 Å². The number of nitrogens with one attached hydrogen (secondary N) is 1. The van der Waals surface area contributed by atoms with E-state index in [1.54, 1.807) is 0 Å². The number of rotatable bonds is 3. The Kier molecular flexibility index (Phi) is 3.95. The Bertz CT molecular complexity index is 328. The molecule has 2 heterocycles. The lowest BCUT2D eigenvalue weighted by molar-refractivity contribution is -0.0658. The molecule has 0 aromatic carbocycles. The van der Waals surface area contributed by atoms with Crippen molar-refractivity contribution in [3.05, 3.63) is 28.5 Å². The van der Waals surface area contributed by atoms with E-state index < -0.39 is 0 Å². The summed E-state index contributed by atoms with van der Waals surface area (Å²) < 4.78 is 6.87. The van der Waals surface area contributed by atoms with Crippen LogP contribution >= 0.6 is 15.9 Å². The lowest BCUT2D eigenvalue weighted by atomic mass is 9.85. The summed E-state index contributed by atoms with van der Waals surface area (Å²) in [5.74, 6) is 0. The average Bonchev–Trinajstić information content (AvgIpc) is 2.31. The van der Waals surface area contributed by atoms with Crippen LogP contribution in [0.25, 0.3) is 0 Å². The maximum atomic E-state index is 6.00. The molecule has 1 aliphatic rings. The van der Waals surface area contributed by atoms with E-state index in [9.17, 15) is 0 Å². The van der Waals surface area contributed by atoms with Gasteiger partial charge in [-0.15, -0.1) is 0 Å². The molecule has 0 bridgehead atoms. The Labute approximate surface area is 105 Å². The van der Waals surface area contributed by atoms with Crippen LogP contribution in [0, 0.1) is 0 Å². The molecule has 88 valence electrons. The molecule has 0 saturated carbocycles. The van der Waals surface area contributed by atoms with Gasteiger partial charge < -0.3 is 10.1 Å². The second-order valence-corrected chi connectivity index (χ2v) is 4.86. The lowest BCUT2D eigenvalue weighted by Gasteiger charge is -2.37. The molecule has 1 aromatic heterocycles. The van der Waals surface area contributed by atoms with E-state index in [4.69, 9.17) is 4.74 Å². The van der Waals surface area contributed by atoms with Crippen LogP contribution in [0.5, 0.6) is 0 Å². The molecule has 4 heteroatoms. The first kappa shape index (κ1) is 12.0. The third-order valence-corrected chi connectivity index (χ3v) is 3.55. The highest BCUT2D eigenvalue weighted by atomic mass is 79.9. The van der Waals surface area contributed by atoms with Crippen molar-refractivity contribution in [3.63, 3.8) is 0 Å². The van der Waals surface area contributed by atoms with Gasteiger partial charge in [-0.2, -0.15) is 0 Å². The number of hydrogen-bond acceptors (Lipinski definition) is 3. The summed E-state index contributed by atoms with van der Waals surface area (Å²) in [6.45, 7) is 4.82. The van der Waals surface area contributed by atoms with Crippen LogP contribution < -0.4 is 5.32 Å². The molecule has 0 amide bonds. The van der Waals surface area contributed by atoms with Crippen molar-refractivity contribution in [2.24, 2.45) is 0 Å². The Morgan fingerprint density at radius 2 is 2.19 bits per heavy atom. The fourth-order valence-electron chi connectivity index (χ4n) is 2.27. The molecule has 0 radical (unpaired) electrons. The zero-order valence-electron chi connectivity index (χ0n) is 9.50. The maximum Gasteiger partial charge on any atom is 0.106 e. The number of aromatic nitrogens is 1. The summed E-state index contributed by atoms with van der Waals surface area (Å²) >= 11 is 3.36.